The maximum absolute atomic E-state index is 13.4. The third-order valence-corrected chi connectivity index (χ3v) is 5.78. The molecule has 0 aliphatic heterocycles. The highest BCUT2D eigenvalue weighted by molar-refractivity contribution is 5.96. The second-order valence-electron chi connectivity index (χ2n) is 8.08. The number of benzene rings is 1. The summed E-state index contributed by atoms with van der Waals surface area (Å²) in [6.45, 7) is 2.02. The van der Waals surface area contributed by atoms with Gasteiger partial charge in [0, 0.05) is 12.1 Å². The molecule has 1 aromatic carbocycles. The zero-order valence-electron chi connectivity index (χ0n) is 16.4. The standard InChI is InChI=1S/C23H28N2O3/c1-16-9-11-17(12-10-16)21(22(26)24-18-6-3-2-4-7-18)25(19-13-14-19)23(27)20-8-5-15-28-20/h5,8-12,15,18-19,21H,2-4,6-7,13-14H2,1H3,(H,24,26)/t21-/m1/s1. The van der Waals surface area contributed by atoms with Crippen LogP contribution in [0.15, 0.2) is 47.1 Å². The Morgan fingerprint density at radius 3 is 2.36 bits per heavy atom. The van der Waals surface area contributed by atoms with Crippen molar-refractivity contribution >= 4 is 11.8 Å². The fraction of sp³-hybridized carbons (Fsp3) is 0.478. The van der Waals surface area contributed by atoms with Crippen LogP contribution in [0, 0.1) is 6.92 Å². The maximum Gasteiger partial charge on any atom is 0.290 e. The Morgan fingerprint density at radius 1 is 1.04 bits per heavy atom. The molecule has 5 nitrogen and oxygen atoms in total. The van der Waals surface area contributed by atoms with Gasteiger partial charge in [0.25, 0.3) is 5.91 Å². The number of carbonyl (C=O) groups is 2. The van der Waals surface area contributed by atoms with Crippen molar-refractivity contribution in [2.24, 2.45) is 0 Å². The number of rotatable bonds is 6. The quantitative estimate of drug-likeness (QED) is 0.809. The summed E-state index contributed by atoms with van der Waals surface area (Å²) in [5, 5.41) is 3.23. The molecule has 2 aromatic rings. The molecule has 2 amide bonds. The molecule has 1 aromatic heterocycles. The first kappa shape index (κ1) is 18.8. The Kier molecular flexibility index (Phi) is 5.51. The third-order valence-electron chi connectivity index (χ3n) is 5.78. The maximum atomic E-state index is 13.4. The van der Waals surface area contributed by atoms with E-state index in [0.29, 0.717) is 0 Å². The Bertz CT molecular complexity index is 803. The van der Waals surface area contributed by atoms with Crippen LogP contribution in [0.3, 0.4) is 0 Å². The first-order chi connectivity index (χ1) is 13.6. The fourth-order valence-corrected chi connectivity index (χ4v) is 4.09. The molecule has 0 unspecified atom stereocenters. The summed E-state index contributed by atoms with van der Waals surface area (Å²) < 4.78 is 5.37. The minimum atomic E-state index is -0.632. The van der Waals surface area contributed by atoms with Crippen molar-refractivity contribution in [3.63, 3.8) is 0 Å². The Hall–Kier alpha value is -2.56. The number of nitrogens with zero attached hydrogens (tertiary/aromatic N) is 1. The van der Waals surface area contributed by atoms with Crippen molar-refractivity contribution in [2.75, 3.05) is 0 Å². The smallest absolute Gasteiger partial charge is 0.290 e. The molecule has 1 N–H and O–H groups in total. The molecule has 148 valence electrons. The highest BCUT2D eigenvalue weighted by Gasteiger charge is 2.42. The fourth-order valence-electron chi connectivity index (χ4n) is 4.09. The van der Waals surface area contributed by atoms with E-state index < -0.39 is 6.04 Å². The van der Waals surface area contributed by atoms with E-state index in [9.17, 15) is 9.59 Å². The molecule has 0 radical (unpaired) electrons. The minimum Gasteiger partial charge on any atom is -0.459 e. The molecule has 2 aliphatic carbocycles. The van der Waals surface area contributed by atoms with Gasteiger partial charge in [-0.05, 0) is 50.3 Å². The molecule has 1 heterocycles. The molecule has 1 atom stereocenters. The molecule has 4 rings (SSSR count). The number of hydrogen-bond donors (Lipinski definition) is 1. The van der Waals surface area contributed by atoms with Crippen LogP contribution in [-0.2, 0) is 4.79 Å². The average molecular weight is 380 g/mol. The highest BCUT2D eigenvalue weighted by Crippen LogP contribution is 2.36. The predicted molar refractivity (Wildman–Crippen MR) is 107 cm³/mol. The molecule has 2 aliphatic rings. The van der Waals surface area contributed by atoms with Gasteiger partial charge in [0.05, 0.1) is 6.26 Å². The number of carbonyl (C=O) groups excluding carboxylic acids is 2. The van der Waals surface area contributed by atoms with Crippen molar-refractivity contribution in [3.8, 4) is 0 Å². The van der Waals surface area contributed by atoms with Gasteiger partial charge in [0.1, 0.15) is 6.04 Å². The number of amides is 2. The molecular weight excluding hydrogens is 352 g/mol. The highest BCUT2D eigenvalue weighted by atomic mass is 16.3. The van der Waals surface area contributed by atoms with Crippen LogP contribution in [0.5, 0.6) is 0 Å². The molecule has 0 bridgehead atoms. The number of aryl methyl sites for hydroxylation is 1. The summed E-state index contributed by atoms with van der Waals surface area (Å²) in [4.78, 5) is 28.4. The van der Waals surface area contributed by atoms with E-state index in [-0.39, 0.29) is 29.7 Å². The van der Waals surface area contributed by atoms with E-state index in [4.69, 9.17) is 4.42 Å². The lowest BCUT2D eigenvalue weighted by Gasteiger charge is -2.33. The van der Waals surface area contributed by atoms with Gasteiger partial charge in [-0.15, -0.1) is 0 Å². The van der Waals surface area contributed by atoms with Crippen LogP contribution in [0.1, 0.15) is 72.7 Å². The average Bonchev–Trinajstić information content (AvgIpc) is 3.39. The molecule has 28 heavy (non-hydrogen) atoms. The number of nitrogens with one attached hydrogen (secondary N) is 1. The zero-order valence-corrected chi connectivity index (χ0v) is 16.4. The van der Waals surface area contributed by atoms with E-state index in [1.165, 1.54) is 12.7 Å². The van der Waals surface area contributed by atoms with Gasteiger partial charge < -0.3 is 14.6 Å². The second-order valence-corrected chi connectivity index (χ2v) is 8.08. The molecule has 0 saturated heterocycles. The lowest BCUT2D eigenvalue weighted by atomic mass is 9.94. The van der Waals surface area contributed by atoms with E-state index in [0.717, 1.165) is 49.7 Å². The van der Waals surface area contributed by atoms with Crippen molar-refractivity contribution in [1.82, 2.24) is 10.2 Å². The van der Waals surface area contributed by atoms with Crippen LogP contribution >= 0.6 is 0 Å². The van der Waals surface area contributed by atoms with E-state index in [1.54, 1.807) is 17.0 Å². The van der Waals surface area contributed by atoms with E-state index >= 15 is 0 Å². The van der Waals surface area contributed by atoms with E-state index in [1.807, 2.05) is 31.2 Å². The summed E-state index contributed by atoms with van der Waals surface area (Å²) in [5.41, 5.74) is 1.98. The zero-order chi connectivity index (χ0) is 19.5. The van der Waals surface area contributed by atoms with Gasteiger partial charge in [-0.2, -0.15) is 0 Å². The monoisotopic (exact) mass is 380 g/mol. The number of hydrogen-bond acceptors (Lipinski definition) is 3. The van der Waals surface area contributed by atoms with Crippen LogP contribution < -0.4 is 5.32 Å². The van der Waals surface area contributed by atoms with Crippen molar-refractivity contribution in [3.05, 3.63) is 59.5 Å². The lowest BCUT2D eigenvalue weighted by Crippen LogP contribution is -2.47. The van der Waals surface area contributed by atoms with Crippen molar-refractivity contribution in [2.45, 2.75) is 70.0 Å². The predicted octanol–water partition coefficient (Wildman–Crippen LogP) is 4.38. The van der Waals surface area contributed by atoms with Gasteiger partial charge in [-0.1, -0.05) is 49.1 Å². The van der Waals surface area contributed by atoms with Crippen molar-refractivity contribution < 1.29 is 14.0 Å². The van der Waals surface area contributed by atoms with Gasteiger partial charge >= 0.3 is 0 Å². The van der Waals surface area contributed by atoms with Crippen LogP contribution in [0.4, 0.5) is 0 Å². The Morgan fingerprint density at radius 2 is 1.75 bits per heavy atom. The normalized spacial score (nSPS) is 18.5. The van der Waals surface area contributed by atoms with Gasteiger partial charge in [0.2, 0.25) is 5.91 Å². The largest absolute Gasteiger partial charge is 0.459 e. The second kappa shape index (κ2) is 8.21. The first-order valence-electron chi connectivity index (χ1n) is 10.4. The van der Waals surface area contributed by atoms with Gasteiger partial charge in [-0.3, -0.25) is 9.59 Å². The van der Waals surface area contributed by atoms with E-state index in [2.05, 4.69) is 5.32 Å². The van der Waals surface area contributed by atoms with Crippen molar-refractivity contribution in [1.29, 1.82) is 0 Å². The summed E-state index contributed by atoms with van der Waals surface area (Å²) in [5.74, 6) is -0.00564. The topological polar surface area (TPSA) is 62.6 Å². The lowest BCUT2D eigenvalue weighted by molar-refractivity contribution is -0.127. The Labute approximate surface area is 166 Å². The summed E-state index contributed by atoms with van der Waals surface area (Å²) >= 11 is 0. The van der Waals surface area contributed by atoms with Crippen LogP contribution in [-0.4, -0.2) is 28.8 Å². The summed E-state index contributed by atoms with van der Waals surface area (Å²) in [6.07, 6.45) is 8.91. The number of furan rings is 1. The Balaban J connectivity index is 1.65. The summed E-state index contributed by atoms with van der Waals surface area (Å²) in [6, 6.07) is 11.0. The molecule has 2 fully saturated rings. The minimum absolute atomic E-state index is 0.0810. The first-order valence-corrected chi connectivity index (χ1v) is 10.4. The third kappa shape index (κ3) is 4.13. The molecule has 5 heteroatoms. The van der Waals surface area contributed by atoms with Gasteiger partial charge in [0.15, 0.2) is 5.76 Å². The molecule has 2 saturated carbocycles. The van der Waals surface area contributed by atoms with Crippen LogP contribution in [0.2, 0.25) is 0 Å². The SMILES string of the molecule is Cc1ccc([C@H](C(=O)NC2CCCCC2)N(C(=O)c2ccco2)C2CC2)cc1. The summed E-state index contributed by atoms with van der Waals surface area (Å²) in [7, 11) is 0. The van der Waals surface area contributed by atoms with Gasteiger partial charge in [-0.25, -0.2) is 0 Å². The molecule has 0 spiro atoms. The van der Waals surface area contributed by atoms with Crippen LogP contribution in [0.25, 0.3) is 0 Å². The molecular formula is C23H28N2O3.